The van der Waals surface area contributed by atoms with Gasteiger partial charge in [0.1, 0.15) is 0 Å². The average Bonchev–Trinajstić information content (AvgIpc) is 2.57. The first-order valence-corrected chi connectivity index (χ1v) is 7.51. The Morgan fingerprint density at radius 1 is 1.08 bits per heavy atom. The molecule has 122 valence electrons. The molecule has 24 heavy (non-hydrogen) atoms. The van der Waals surface area contributed by atoms with Gasteiger partial charge in [-0.2, -0.15) is 0 Å². The lowest BCUT2D eigenvalue weighted by Crippen LogP contribution is -2.51. The van der Waals surface area contributed by atoms with Crippen LogP contribution in [0.15, 0.2) is 48.5 Å². The van der Waals surface area contributed by atoms with Crippen molar-refractivity contribution in [3.05, 3.63) is 75.3 Å². The molecule has 0 saturated heterocycles. The van der Waals surface area contributed by atoms with E-state index >= 15 is 0 Å². The summed E-state index contributed by atoms with van der Waals surface area (Å²) in [5, 5.41) is 10.9. The maximum atomic E-state index is 12.8. The van der Waals surface area contributed by atoms with Gasteiger partial charge in [0.2, 0.25) is 5.91 Å². The molecule has 0 bridgehead atoms. The molecule has 2 amide bonds. The Bertz CT molecular complexity index is 858. The zero-order valence-corrected chi connectivity index (χ0v) is 13.4. The van der Waals surface area contributed by atoms with Crippen molar-refractivity contribution in [2.24, 2.45) is 0 Å². The third-order valence-electron chi connectivity index (χ3n) is 4.32. The number of carbonyl (C=O) groups excluding carboxylic acids is 2. The quantitative estimate of drug-likeness (QED) is 0.494. The lowest BCUT2D eigenvalue weighted by molar-refractivity contribution is -0.384. The maximum absolute atomic E-state index is 12.8. The van der Waals surface area contributed by atoms with Crippen LogP contribution in [0.2, 0.25) is 0 Å². The van der Waals surface area contributed by atoms with Gasteiger partial charge in [-0.3, -0.25) is 24.6 Å². The molecule has 0 fully saturated rings. The molecule has 6 heteroatoms. The molecule has 0 N–H and O–H groups in total. The molecule has 1 aliphatic heterocycles. The molecule has 0 radical (unpaired) electrons. The molecule has 0 unspecified atom stereocenters. The van der Waals surface area contributed by atoms with Crippen molar-refractivity contribution < 1.29 is 14.5 Å². The van der Waals surface area contributed by atoms with Gasteiger partial charge in [0.15, 0.2) is 0 Å². The largest absolute Gasteiger partial charge is 0.273 e. The predicted molar refractivity (Wildman–Crippen MR) is 87.4 cm³/mol. The molecule has 6 nitrogen and oxygen atoms in total. The fourth-order valence-electron chi connectivity index (χ4n) is 3.00. The molecule has 0 saturated carbocycles. The highest BCUT2D eigenvalue weighted by atomic mass is 16.6. The fourth-order valence-corrected chi connectivity index (χ4v) is 3.00. The lowest BCUT2D eigenvalue weighted by atomic mass is 9.77. The molecule has 0 atom stereocenters. The second-order valence-corrected chi connectivity index (χ2v) is 6.29. The van der Waals surface area contributed by atoms with Gasteiger partial charge in [-0.1, -0.05) is 30.3 Å². The predicted octanol–water partition coefficient (Wildman–Crippen LogP) is 3.06. The standard InChI is InChI=1S/C18H16N2O4/c1-18(2)15-9-4-3-8-14(15)16(21)19(17(18)22)11-12-6-5-7-13(10-12)20(23)24/h3-10H,11H2,1-2H3. The Hall–Kier alpha value is -3.02. The molecule has 3 rings (SSSR count). The van der Waals surface area contributed by atoms with Crippen LogP contribution in [0.4, 0.5) is 5.69 Å². The molecule has 0 aromatic heterocycles. The topological polar surface area (TPSA) is 80.5 Å². The first-order valence-electron chi connectivity index (χ1n) is 7.51. The molecule has 1 heterocycles. The summed E-state index contributed by atoms with van der Waals surface area (Å²) in [6, 6.07) is 13.0. The zero-order valence-electron chi connectivity index (χ0n) is 13.4. The Balaban J connectivity index is 2.00. The molecular weight excluding hydrogens is 308 g/mol. The molecule has 0 spiro atoms. The van der Waals surface area contributed by atoms with Gasteiger partial charge in [0.25, 0.3) is 11.6 Å². The number of rotatable bonds is 3. The number of benzene rings is 2. The van der Waals surface area contributed by atoms with Gasteiger partial charge < -0.3 is 0 Å². The number of hydrogen-bond donors (Lipinski definition) is 0. The van der Waals surface area contributed by atoms with Crippen molar-refractivity contribution in [2.75, 3.05) is 0 Å². The van der Waals surface area contributed by atoms with Gasteiger partial charge in [-0.25, -0.2) is 0 Å². The van der Waals surface area contributed by atoms with Gasteiger partial charge in [0.05, 0.1) is 16.9 Å². The summed E-state index contributed by atoms with van der Waals surface area (Å²) in [7, 11) is 0. The van der Waals surface area contributed by atoms with Crippen LogP contribution in [0.1, 0.15) is 35.3 Å². The normalized spacial score (nSPS) is 16.0. The van der Waals surface area contributed by atoms with Crippen molar-refractivity contribution in [1.82, 2.24) is 4.90 Å². The number of hydrogen-bond acceptors (Lipinski definition) is 4. The lowest BCUT2D eigenvalue weighted by Gasteiger charge is -2.37. The van der Waals surface area contributed by atoms with Crippen LogP contribution in [0.5, 0.6) is 0 Å². The zero-order chi connectivity index (χ0) is 17.5. The third-order valence-corrected chi connectivity index (χ3v) is 4.32. The summed E-state index contributed by atoms with van der Waals surface area (Å²) >= 11 is 0. The number of nitro groups is 1. The second-order valence-electron chi connectivity index (χ2n) is 6.29. The minimum absolute atomic E-state index is 0.0110. The summed E-state index contributed by atoms with van der Waals surface area (Å²) in [5.41, 5.74) is 0.846. The highest BCUT2D eigenvalue weighted by Crippen LogP contribution is 2.35. The number of amides is 2. The summed E-state index contributed by atoms with van der Waals surface area (Å²) in [5.74, 6) is -0.681. The van der Waals surface area contributed by atoms with Crippen LogP contribution in [0.25, 0.3) is 0 Å². The van der Waals surface area contributed by atoms with Crippen LogP contribution < -0.4 is 0 Å². The van der Waals surface area contributed by atoms with Crippen LogP contribution in [-0.4, -0.2) is 21.6 Å². The van der Waals surface area contributed by atoms with Crippen molar-refractivity contribution in [3.63, 3.8) is 0 Å². The van der Waals surface area contributed by atoms with Crippen LogP contribution in [-0.2, 0) is 16.8 Å². The van der Waals surface area contributed by atoms with Crippen molar-refractivity contribution >= 4 is 17.5 Å². The summed E-state index contributed by atoms with van der Waals surface area (Å²) in [6.45, 7) is 3.57. The second kappa shape index (κ2) is 5.56. The van der Waals surface area contributed by atoms with Crippen molar-refractivity contribution in [2.45, 2.75) is 25.8 Å². The van der Waals surface area contributed by atoms with Crippen LogP contribution in [0, 0.1) is 10.1 Å². The van der Waals surface area contributed by atoms with E-state index in [0.717, 1.165) is 0 Å². The number of nitrogens with zero attached hydrogens (tertiary/aromatic N) is 2. The van der Waals surface area contributed by atoms with E-state index < -0.39 is 10.3 Å². The van der Waals surface area contributed by atoms with Gasteiger partial charge >= 0.3 is 0 Å². The monoisotopic (exact) mass is 324 g/mol. The number of imide groups is 1. The van der Waals surface area contributed by atoms with E-state index in [4.69, 9.17) is 0 Å². The Labute approximate surface area is 138 Å². The average molecular weight is 324 g/mol. The summed E-state index contributed by atoms with van der Waals surface area (Å²) in [4.78, 5) is 37.1. The minimum atomic E-state index is -0.828. The minimum Gasteiger partial charge on any atom is -0.273 e. The van der Waals surface area contributed by atoms with Gasteiger partial charge in [0, 0.05) is 17.7 Å². The molecule has 1 aliphatic rings. The van der Waals surface area contributed by atoms with Crippen molar-refractivity contribution in [1.29, 1.82) is 0 Å². The Morgan fingerprint density at radius 3 is 2.50 bits per heavy atom. The number of carbonyl (C=O) groups is 2. The molecular formula is C18H16N2O4. The smallest absolute Gasteiger partial charge is 0.269 e. The van der Waals surface area contributed by atoms with E-state index in [1.165, 1.54) is 17.0 Å². The Morgan fingerprint density at radius 2 is 1.79 bits per heavy atom. The number of non-ortho nitro benzene ring substituents is 1. The molecule has 2 aromatic carbocycles. The summed E-state index contributed by atoms with van der Waals surface area (Å²) < 4.78 is 0. The van der Waals surface area contributed by atoms with E-state index in [0.29, 0.717) is 16.7 Å². The number of fused-ring (bicyclic) bond motifs is 1. The van der Waals surface area contributed by atoms with E-state index in [1.54, 1.807) is 50.2 Å². The first kappa shape index (κ1) is 15.9. The highest BCUT2D eigenvalue weighted by molar-refractivity contribution is 6.12. The highest BCUT2D eigenvalue weighted by Gasteiger charge is 2.44. The SMILES string of the molecule is CC1(C)C(=O)N(Cc2cccc([N+](=O)[O-])c2)C(=O)c2ccccc21. The van der Waals surface area contributed by atoms with Crippen LogP contribution in [0.3, 0.4) is 0 Å². The van der Waals surface area contributed by atoms with Crippen molar-refractivity contribution in [3.8, 4) is 0 Å². The van der Waals surface area contributed by atoms with E-state index in [9.17, 15) is 19.7 Å². The maximum Gasteiger partial charge on any atom is 0.269 e. The van der Waals surface area contributed by atoms with E-state index in [1.807, 2.05) is 0 Å². The molecule has 0 aliphatic carbocycles. The first-order chi connectivity index (χ1) is 11.3. The van der Waals surface area contributed by atoms with E-state index in [-0.39, 0.29) is 24.0 Å². The van der Waals surface area contributed by atoms with E-state index in [2.05, 4.69) is 0 Å². The third kappa shape index (κ3) is 2.46. The summed E-state index contributed by atoms with van der Waals surface area (Å²) in [6.07, 6.45) is 0. The van der Waals surface area contributed by atoms with Crippen LogP contribution >= 0.6 is 0 Å². The van der Waals surface area contributed by atoms with Gasteiger partial charge in [-0.15, -0.1) is 0 Å². The molecule has 2 aromatic rings. The fraction of sp³-hybridized carbons (Fsp3) is 0.222. The number of nitro benzene ring substituents is 1. The van der Waals surface area contributed by atoms with Gasteiger partial charge in [-0.05, 0) is 31.0 Å². The Kier molecular flexibility index (Phi) is 3.67.